The van der Waals surface area contributed by atoms with Crippen LogP contribution in [0.2, 0.25) is 0 Å². The van der Waals surface area contributed by atoms with Gasteiger partial charge in [0.15, 0.2) is 0 Å². The van der Waals surface area contributed by atoms with Gasteiger partial charge in [0, 0.05) is 13.0 Å². The molecule has 0 N–H and O–H groups in total. The molecule has 32 heavy (non-hydrogen) atoms. The minimum atomic E-state index is -4.84. The number of ether oxygens (including phenoxy) is 1. The van der Waals surface area contributed by atoms with Gasteiger partial charge in [-0.05, 0) is 24.6 Å². The normalized spacial score (nSPS) is 24.1. The molecule has 1 aromatic carbocycles. The molecule has 0 radical (unpaired) electrons. The average Bonchev–Trinajstić information content (AvgIpc) is 3.42. The molecule has 0 saturated carbocycles. The quantitative estimate of drug-likeness (QED) is 0.510. The SMILES string of the molecule is COC(=O)CCC(=O)N1C[C@H]2CC1[C@H]1C(=O)N(c3ccc(C#N)c(C(F)(F)F)c3)C(=O)N21. The summed E-state index contributed by atoms with van der Waals surface area (Å²) < 4.78 is 44.5. The van der Waals surface area contributed by atoms with Crippen LogP contribution in [0.15, 0.2) is 18.2 Å². The Balaban J connectivity index is 1.59. The Morgan fingerprint density at radius 2 is 1.97 bits per heavy atom. The molecular weight excluding hydrogens is 433 g/mol. The van der Waals surface area contributed by atoms with Crippen molar-refractivity contribution >= 4 is 29.5 Å². The minimum Gasteiger partial charge on any atom is -0.469 e. The third kappa shape index (κ3) is 3.24. The number of rotatable bonds is 4. The molecule has 3 aliphatic rings. The van der Waals surface area contributed by atoms with Crippen LogP contribution in [0.1, 0.15) is 30.4 Å². The number of fused-ring (bicyclic) bond motifs is 5. The Bertz CT molecular complexity index is 1070. The summed E-state index contributed by atoms with van der Waals surface area (Å²) in [5.74, 6) is -1.64. The number of hydrogen-bond acceptors (Lipinski definition) is 6. The number of halogens is 3. The van der Waals surface area contributed by atoms with E-state index in [1.54, 1.807) is 0 Å². The maximum atomic E-state index is 13.3. The highest BCUT2D eigenvalue weighted by Crippen LogP contribution is 2.43. The van der Waals surface area contributed by atoms with Gasteiger partial charge in [-0.3, -0.25) is 14.4 Å². The molecule has 0 aliphatic carbocycles. The first-order valence-electron chi connectivity index (χ1n) is 9.72. The number of hydrogen-bond donors (Lipinski definition) is 0. The van der Waals surface area contributed by atoms with Crippen LogP contribution in [-0.4, -0.2) is 65.4 Å². The zero-order valence-electron chi connectivity index (χ0n) is 16.8. The predicted molar refractivity (Wildman–Crippen MR) is 99.8 cm³/mol. The highest BCUT2D eigenvalue weighted by Gasteiger charge is 2.62. The number of benzene rings is 1. The molecular formula is C20H17F3N4O5. The van der Waals surface area contributed by atoms with Crippen molar-refractivity contribution < 1.29 is 37.1 Å². The average molecular weight is 450 g/mol. The third-order valence-electron chi connectivity index (χ3n) is 6.04. The number of anilines is 1. The summed E-state index contributed by atoms with van der Waals surface area (Å²) in [6, 6.07) is 1.26. The molecule has 4 rings (SSSR count). The number of piperazine rings is 1. The van der Waals surface area contributed by atoms with Crippen LogP contribution in [0.3, 0.4) is 0 Å². The number of urea groups is 1. The Hall–Kier alpha value is -3.62. The van der Waals surface area contributed by atoms with Crippen LogP contribution in [0.25, 0.3) is 0 Å². The number of nitrogens with zero attached hydrogens (tertiary/aromatic N) is 4. The molecule has 3 aliphatic heterocycles. The number of esters is 1. The fourth-order valence-corrected chi connectivity index (χ4v) is 4.64. The summed E-state index contributed by atoms with van der Waals surface area (Å²) in [6.45, 7) is 0.176. The lowest BCUT2D eigenvalue weighted by Crippen LogP contribution is -2.54. The largest absolute Gasteiger partial charge is 0.469 e. The fraction of sp³-hybridized carbons (Fsp3) is 0.450. The second-order valence-electron chi connectivity index (χ2n) is 7.73. The number of carbonyl (C=O) groups excluding carboxylic acids is 4. The topological polar surface area (TPSA) is 111 Å². The van der Waals surface area contributed by atoms with Gasteiger partial charge in [0.05, 0.1) is 48.5 Å². The number of likely N-dealkylation sites (tertiary alicyclic amines) is 1. The summed E-state index contributed by atoms with van der Waals surface area (Å²) in [5, 5.41) is 8.95. The molecule has 12 heteroatoms. The van der Waals surface area contributed by atoms with Gasteiger partial charge in [-0.15, -0.1) is 0 Å². The van der Waals surface area contributed by atoms with Crippen molar-refractivity contribution in [1.29, 1.82) is 5.26 Å². The minimum absolute atomic E-state index is 0.112. The molecule has 9 nitrogen and oxygen atoms in total. The molecule has 168 valence electrons. The lowest BCUT2D eigenvalue weighted by Gasteiger charge is -2.34. The van der Waals surface area contributed by atoms with Gasteiger partial charge < -0.3 is 14.5 Å². The Labute approximate surface area is 179 Å². The molecule has 3 saturated heterocycles. The third-order valence-corrected chi connectivity index (χ3v) is 6.04. The van der Waals surface area contributed by atoms with E-state index in [0.29, 0.717) is 17.4 Å². The first-order valence-corrected chi connectivity index (χ1v) is 9.72. The first-order chi connectivity index (χ1) is 15.1. The maximum Gasteiger partial charge on any atom is 0.417 e. The predicted octanol–water partition coefficient (Wildman–Crippen LogP) is 1.65. The number of methoxy groups -OCH3 is 1. The summed E-state index contributed by atoms with van der Waals surface area (Å²) in [5.41, 5.74) is -2.15. The standard InChI is InChI=1S/C20H17F3N4O5/c1-32-16(29)5-4-15(28)25-9-12-7-14(25)17-18(30)27(19(31)26(12)17)11-3-2-10(8-24)13(6-11)20(21,22)23/h2-3,6,12,14,17H,4-5,7,9H2,1H3/t12-,14?,17+/m1/s1. The highest BCUT2D eigenvalue weighted by molar-refractivity contribution is 6.22. The van der Waals surface area contributed by atoms with E-state index in [2.05, 4.69) is 4.74 Å². The van der Waals surface area contributed by atoms with Gasteiger partial charge in [0.25, 0.3) is 5.91 Å². The van der Waals surface area contributed by atoms with Crippen molar-refractivity contribution in [2.75, 3.05) is 18.6 Å². The van der Waals surface area contributed by atoms with Crippen molar-refractivity contribution in [3.8, 4) is 6.07 Å². The molecule has 3 atom stereocenters. The summed E-state index contributed by atoms with van der Waals surface area (Å²) in [6.07, 6.45) is -4.70. The molecule has 3 heterocycles. The summed E-state index contributed by atoms with van der Waals surface area (Å²) >= 11 is 0. The number of nitriles is 1. The fourth-order valence-electron chi connectivity index (χ4n) is 4.64. The molecule has 4 amide bonds. The van der Waals surface area contributed by atoms with Crippen molar-refractivity contribution in [3.05, 3.63) is 29.3 Å². The molecule has 1 unspecified atom stereocenters. The first kappa shape index (κ1) is 21.6. The number of carbonyl (C=O) groups is 4. The van der Waals surface area contributed by atoms with Crippen LogP contribution in [-0.2, 0) is 25.3 Å². The maximum absolute atomic E-state index is 13.3. The lowest BCUT2D eigenvalue weighted by molar-refractivity contribution is -0.144. The molecule has 1 aromatic rings. The summed E-state index contributed by atoms with van der Waals surface area (Å²) in [4.78, 5) is 53.3. The van der Waals surface area contributed by atoms with E-state index < -0.39 is 53.3 Å². The van der Waals surface area contributed by atoms with Crippen LogP contribution in [0.5, 0.6) is 0 Å². The molecule has 3 fully saturated rings. The summed E-state index contributed by atoms with van der Waals surface area (Å²) in [7, 11) is 1.20. The Morgan fingerprint density at radius 1 is 1.25 bits per heavy atom. The van der Waals surface area contributed by atoms with Crippen molar-refractivity contribution in [2.24, 2.45) is 0 Å². The van der Waals surface area contributed by atoms with Crippen molar-refractivity contribution in [2.45, 2.75) is 43.6 Å². The van der Waals surface area contributed by atoms with E-state index in [9.17, 15) is 32.3 Å². The smallest absolute Gasteiger partial charge is 0.417 e. The molecule has 0 aromatic heterocycles. The van der Waals surface area contributed by atoms with Gasteiger partial charge in [-0.1, -0.05) is 0 Å². The Kier molecular flexibility index (Phi) is 5.07. The van der Waals surface area contributed by atoms with E-state index in [1.165, 1.54) is 23.0 Å². The number of alkyl halides is 3. The monoisotopic (exact) mass is 450 g/mol. The van der Waals surface area contributed by atoms with E-state index >= 15 is 0 Å². The van der Waals surface area contributed by atoms with Crippen LogP contribution in [0.4, 0.5) is 23.7 Å². The highest BCUT2D eigenvalue weighted by atomic mass is 19.4. The van der Waals surface area contributed by atoms with E-state index in [-0.39, 0.29) is 31.0 Å². The number of imide groups is 1. The van der Waals surface area contributed by atoms with Gasteiger partial charge >= 0.3 is 18.2 Å². The van der Waals surface area contributed by atoms with Crippen molar-refractivity contribution in [1.82, 2.24) is 9.80 Å². The Morgan fingerprint density at radius 3 is 2.59 bits per heavy atom. The van der Waals surface area contributed by atoms with E-state index in [0.717, 1.165) is 12.1 Å². The molecule has 2 bridgehead atoms. The van der Waals surface area contributed by atoms with Gasteiger partial charge in [-0.25, -0.2) is 9.69 Å². The van der Waals surface area contributed by atoms with Crippen LogP contribution >= 0.6 is 0 Å². The van der Waals surface area contributed by atoms with E-state index in [4.69, 9.17) is 5.26 Å². The van der Waals surface area contributed by atoms with Gasteiger partial charge in [-0.2, -0.15) is 18.4 Å². The number of amides is 4. The zero-order valence-corrected chi connectivity index (χ0v) is 16.8. The van der Waals surface area contributed by atoms with Crippen molar-refractivity contribution in [3.63, 3.8) is 0 Å². The molecule has 0 spiro atoms. The second-order valence-corrected chi connectivity index (χ2v) is 7.73. The zero-order chi connectivity index (χ0) is 23.4. The second kappa shape index (κ2) is 7.51. The van der Waals surface area contributed by atoms with E-state index in [1.807, 2.05) is 0 Å². The lowest BCUT2D eigenvalue weighted by atomic mass is 10.1. The van der Waals surface area contributed by atoms with Crippen LogP contribution in [0, 0.1) is 11.3 Å². The van der Waals surface area contributed by atoms with Gasteiger partial charge in [0.2, 0.25) is 5.91 Å². The van der Waals surface area contributed by atoms with Crippen LogP contribution < -0.4 is 4.90 Å². The van der Waals surface area contributed by atoms with Gasteiger partial charge in [0.1, 0.15) is 6.04 Å².